The molecular weight excluding hydrogens is 1110 g/mol. The van der Waals surface area contributed by atoms with Crippen molar-refractivity contribution in [2.45, 2.75) is 319 Å². The maximum atomic E-state index is 13.3. The van der Waals surface area contributed by atoms with Crippen LogP contribution in [0.2, 0.25) is 0 Å². The summed E-state index contributed by atoms with van der Waals surface area (Å²) in [5, 5.41) is 87.5. The first-order chi connectivity index (χ1) is 43.1. The van der Waals surface area contributed by atoms with Gasteiger partial charge in [-0.3, -0.25) is 4.79 Å². The summed E-state index contributed by atoms with van der Waals surface area (Å²) in [7, 11) is 0. The summed E-state index contributed by atoms with van der Waals surface area (Å²) in [6, 6.07) is -0.853. The number of rotatable bonds is 55. The zero-order chi connectivity index (χ0) is 63.8. The molecule has 2 aliphatic heterocycles. The predicted molar refractivity (Wildman–Crippen MR) is 359 cm³/mol. The van der Waals surface area contributed by atoms with Gasteiger partial charge in [0.25, 0.3) is 0 Å². The Bertz CT molecular complexity index is 1940. The molecule has 88 heavy (non-hydrogen) atoms. The Morgan fingerprint density at radius 1 is 0.420 bits per heavy atom. The first kappa shape index (κ1) is 80.5. The number of aliphatic hydroxyl groups excluding tert-OH is 8. The molecule has 2 rings (SSSR count). The van der Waals surface area contributed by atoms with E-state index in [1.807, 2.05) is 0 Å². The van der Waals surface area contributed by atoms with Gasteiger partial charge in [-0.05, 0) is 89.9 Å². The van der Waals surface area contributed by atoms with Crippen LogP contribution in [-0.4, -0.2) is 140 Å². The average molecular weight is 1240 g/mol. The predicted octanol–water partition coefficient (Wildman–Crippen LogP) is 14.1. The summed E-state index contributed by atoms with van der Waals surface area (Å²) in [6.07, 6.45) is 66.3. The standard InChI is InChI=1S/C74H125NO13/c1-3-5-7-9-11-13-15-17-19-21-23-24-25-26-27-28-29-30-31-32-33-34-35-36-37-38-40-42-44-46-48-50-52-54-56-58-66(79)75-62(63(78)57-55-53-51-49-47-45-43-41-39-22-20-18-16-14-12-10-8-6-4-2)61-85-73-71(84)69(82)72(65(60-77)87-73)88-74-70(83)68(81)67(80)64(59-76)86-74/h5,7,11,13,17,19,23-24,26-27,29-30,32-33,35-36,38,40,44,46,62-65,67-74,76-78,80-84H,3-4,6,8-10,12,14-16,18,20-22,25,28,31,34,37,39,41-43,45,47-61H2,1-2H3,(H,75,79)/b7-5-,13-11-,19-17-,24-23-,27-26-,30-29-,33-32-,36-35-,40-38-,46-44-. The van der Waals surface area contributed by atoms with Crippen LogP contribution in [0.15, 0.2) is 122 Å². The number of hydrogen-bond acceptors (Lipinski definition) is 13. The molecule has 2 saturated heterocycles. The molecule has 0 aliphatic carbocycles. The molecule has 0 spiro atoms. The summed E-state index contributed by atoms with van der Waals surface area (Å²) < 4.78 is 22.9. The van der Waals surface area contributed by atoms with E-state index in [0.717, 1.165) is 116 Å². The van der Waals surface area contributed by atoms with E-state index in [1.54, 1.807) is 0 Å². The fourth-order valence-corrected chi connectivity index (χ4v) is 10.7. The van der Waals surface area contributed by atoms with Gasteiger partial charge in [0.15, 0.2) is 12.6 Å². The van der Waals surface area contributed by atoms with Gasteiger partial charge in [-0.1, -0.05) is 270 Å². The molecular formula is C74H125NO13. The van der Waals surface area contributed by atoms with Crippen molar-refractivity contribution in [1.29, 1.82) is 0 Å². The Labute approximate surface area is 533 Å². The van der Waals surface area contributed by atoms with Crippen molar-refractivity contribution < 1.29 is 64.6 Å². The second kappa shape index (κ2) is 57.3. The monoisotopic (exact) mass is 1240 g/mol. The quantitative estimate of drug-likeness (QED) is 0.0204. The highest BCUT2D eigenvalue weighted by molar-refractivity contribution is 5.76. The molecule has 0 aromatic rings. The Morgan fingerprint density at radius 2 is 0.784 bits per heavy atom. The number of allylic oxidation sites excluding steroid dienone is 20. The van der Waals surface area contributed by atoms with Gasteiger partial charge in [-0.15, -0.1) is 0 Å². The van der Waals surface area contributed by atoms with E-state index in [0.29, 0.717) is 12.8 Å². The van der Waals surface area contributed by atoms with Crippen LogP contribution in [0.4, 0.5) is 0 Å². The maximum Gasteiger partial charge on any atom is 0.220 e. The SMILES string of the molecule is CC/C=C\C/C=C\C/C=C\C/C=C\C/C=C\C/C=C\C/C=C\C/C=C\C/C=C\C/C=C\CCCCCCC(=O)NC(COC1OC(CO)C(OC2OC(CO)C(O)C(O)C2O)C(O)C1O)C(O)CCCCCCCCCCCCCCCCCCCCC. The molecule has 0 radical (unpaired) electrons. The third-order valence-corrected chi connectivity index (χ3v) is 16.2. The lowest BCUT2D eigenvalue weighted by Gasteiger charge is -2.46. The van der Waals surface area contributed by atoms with Crippen molar-refractivity contribution in [2.24, 2.45) is 0 Å². The molecule has 0 saturated carbocycles. The van der Waals surface area contributed by atoms with Gasteiger partial charge >= 0.3 is 0 Å². The van der Waals surface area contributed by atoms with E-state index in [1.165, 1.54) is 96.3 Å². The van der Waals surface area contributed by atoms with Gasteiger partial charge < -0.3 is 65.1 Å². The van der Waals surface area contributed by atoms with E-state index in [9.17, 15) is 45.6 Å². The lowest BCUT2D eigenvalue weighted by atomic mass is 9.97. The molecule has 0 aromatic heterocycles. The van der Waals surface area contributed by atoms with E-state index in [2.05, 4.69) is 141 Å². The first-order valence-electron chi connectivity index (χ1n) is 34.8. The Hall–Kier alpha value is -3.61. The molecule has 2 fully saturated rings. The van der Waals surface area contributed by atoms with Gasteiger partial charge in [0, 0.05) is 6.42 Å². The highest BCUT2D eigenvalue weighted by Gasteiger charge is 2.51. The number of ether oxygens (including phenoxy) is 4. The molecule has 12 unspecified atom stereocenters. The molecule has 0 bridgehead atoms. The molecule has 12 atom stereocenters. The molecule has 0 aromatic carbocycles. The smallest absolute Gasteiger partial charge is 0.220 e. The third kappa shape index (κ3) is 41.0. The lowest BCUT2D eigenvalue weighted by Crippen LogP contribution is -2.65. The van der Waals surface area contributed by atoms with Crippen LogP contribution >= 0.6 is 0 Å². The molecule has 504 valence electrons. The van der Waals surface area contributed by atoms with Gasteiger partial charge in [-0.25, -0.2) is 0 Å². The van der Waals surface area contributed by atoms with Crippen LogP contribution in [0.5, 0.6) is 0 Å². The number of amides is 1. The van der Waals surface area contributed by atoms with Crippen molar-refractivity contribution in [2.75, 3.05) is 19.8 Å². The Morgan fingerprint density at radius 3 is 1.20 bits per heavy atom. The lowest BCUT2D eigenvalue weighted by molar-refractivity contribution is -0.359. The van der Waals surface area contributed by atoms with Crippen LogP contribution < -0.4 is 5.32 Å². The second-order valence-corrected chi connectivity index (χ2v) is 23.9. The highest BCUT2D eigenvalue weighted by Crippen LogP contribution is 2.30. The summed E-state index contributed by atoms with van der Waals surface area (Å²) in [4.78, 5) is 13.3. The zero-order valence-electron chi connectivity index (χ0n) is 54.7. The number of carbonyl (C=O) groups excluding carboxylic acids is 1. The van der Waals surface area contributed by atoms with Crippen molar-refractivity contribution in [3.8, 4) is 0 Å². The topological polar surface area (TPSA) is 228 Å². The molecule has 2 heterocycles. The summed E-state index contributed by atoms with van der Waals surface area (Å²) in [5.41, 5.74) is 0. The van der Waals surface area contributed by atoms with E-state index in [4.69, 9.17) is 18.9 Å². The molecule has 2 aliphatic rings. The largest absolute Gasteiger partial charge is 0.394 e. The van der Waals surface area contributed by atoms with E-state index in [-0.39, 0.29) is 18.9 Å². The Balaban J connectivity index is 1.69. The fraction of sp³-hybridized carbons (Fsp3) is 0.716. The van der Waals surface area contributed by atoms with E-state index < -0.39 is 86.8 Å². The molecule has 9 N–H and O–H groups in total. The van der Waals surface area contributed by atoms with Crippen LogP contribution in [-0.2, 0) is 23.7 Å². The number of nitrogens with one attached hydrogen (secondary N) is 1. The number of unbranched alkanes of at least 4 members (excludes halogenated alkanes) is 22. The summed E-state index contributed by atoms with van der Waals surface area (Å²) in [6.45, 7) is 2.74. The van der Waals surface area contributed by atoms with Crippen LogP contribution in [0.3, 0.4) is 0 Å². The van der Waals surface area contributed by atoms with Crippen LogP contribution in [0.25, 0.3) is 0 Å². The van der Waals surface area contributed by atoms with Crippen LogP contribution in [0, 0.1) is 0 Å². The maximum absolute atomic E-state index is 13.3. The van der Waals surface area contributed by atoms with Gasteiger partial charge in [0.2, 0.25) is 5.91 Å². The minimum atomic E-state index is -1.79. The summed E-state index contributed by atoms with van der Waals surface area (Å²) in [5.74, 6) is -0.234. The number of carbonyl (C=O) groups is 1. The average Bonchev–Trinajstić information content (AvgIpc) is 1.84. The number of aliphatic hydroxyl groups is 8. The molecule has 14 heteroatoms. The molecule has 14 nitrogen and oxygen atoms in total. The normalized spacial score (nSPS) is 23.9. The van der Waals surface area contributed by atoms with Crippen molar-refractivity contribution >= 4 is 5.91 Å². The van der Waals surface area contributed by atoms with E-state index >= 15 is 0 Å². The zero-order valence-corrected chi connectivity index (χ0v) is 54.7. The fourth-order valence-electron chi connectivity index (χ4n) is 10.7. The summed E-state index contributed by atoms with van der Waals surface area (Å²) >= 11 is 0. The number of hydrogen-bond donors (Lipinski definition) is 9. The van der Waals surface area contributed by atoms with Gasteiger partial charge in [0.1, 0.15) is 48.8 Å². The minimum absolute atomic E-state index is 0.234. The molecule has 1 amide bonds. The third-order valence-electron chi connectivity index (χ3n) is 16.2. The minimum Gasteiger partial charge on any atom is -0.394 e. The van der Waals surface area contributed by atoms with Crippen molar-refractivity contribution in [3.63, 3.8) is 0 Å². The second-order valence-electron chi connectivity index (χ2n) is 23.9. The highest BCUT2D eigenvalue weighted by atomic mass is 16.7. The van der Waals surface area contributed by atoms with Crippen molar-refractivity contribution in [3.05, 3.63) is 122 Å². The Kier molecular flexibility index (Phi) is 52.4. The van der Waals surface area contributed by atoms with Crippen molar-refractivity contribution in [1.82, 2.24) is 5.32 Å². The van der Waals surface area contributed by atoms with Gasteiger partial charge in [-0.2, -0.15) is 0 Å². The first-order valence-corrected chi connectivity index (χ1v) is 34.8. The van der Waals surface area contributed by atoms with Gasteiger partial charge in [0.05, 0.1) is 32.0 Å². The van der Waals surface area contributed by atoms with Crippen LogP contribution in [0.1, 0.15) is 245 Å².